The number of fused-ring (bicyclic) bond motifs is 16. The summed E-state index contributed by atoms with van der Waals surface area (Å²) in [5.41, 5.74) is 18.6. The monoisotopic (exact) mass is 1240 g/mol. The zero-order valence-corrected chi connectivity index (χ0v) is 53.1. The average Bonchev–Trinajstić information content (AvgIpc) is 1.63. The van der Waals surface area contributed by atoms with Gasteiger partial charge in [-0.1, -0.05) is 120 Å². The number of hydrogen-bond acceptors (Lipinski definition) is 15. The summed E-state index contributed by atoms with van der Waals surface area (Å²) in [5.74, 6) is 17.6. The number of allylic oxidation sites excluding steroid dienone is 3. The van der Waals surface area contributed by atoms with Crippen molar-refractivity contribution in [2.45, 2.75) is 156 Å². The number of methoxy groups -OCH3 is 2. The van der Waals surface area contributed by atoms with Gasteiger partial charge in [-0.2, -0.15) is 0 Å². The lowest BCUT2D eigenvalue weighted by molar-refractivity contribution is -0.141. The van der Waals surface area contributed by atoms with Crippen molar-refractivity contribution in [1.82, 2.24) is 16.0 Å². The second kappa shape index (κ2) is 24.2. The maximum Gasteiger partial charge on any atom is 0.302 e. The molecule has 4 aromatic rings. The van der Waals surface area contributed by atoms with Crippen molar-refractivity contribution < 1.29 is 43.8 Å². The lowest BCUT2D eigenvalue weighted by Crippen LogP contribution is -2.49. The number of aliphatic hydroxyl groups is 1. The topological polar surface area (TPSA) is 186 Å². The molecule has 6 aliphatic heterocycles. The Morgan fingerprint density at radius 3 is 2.63 bits per heavy atom. The number of nitrogens with two attached hydrogens (primary N) is 1. The molecule has 0 radical (unpaired) electrons. The molecule has 15 heteroatoms. The molecule has 8 N–H and O–H groups in total. The Bertz CT molecular complexity index is 3700. The van der Waals surface area contributed by atoms with Gasteiger partial charge in [0.25, 0.3) is 0 Å². The number of benzene rings is 4. The number of nitrogens with one attached hydrogen (secondary N) is 3. The van der Waals surface area contributed by atoms with Crippen LogP contribution in [-0.4, -0.2) is 97.7 Å². The standard InChI is InChI=1S/C74H84N4O9S2/c1-41(80)85-38-58-52-16-17-54-64-47(30-51(81)31-61(64)84-3)33-73-26-23-46(32-73)67-53-19-22-63(75)78-59(53)20-15-44-13-14-45(27-42-9-7-11-49(28-42)74(67)24-5-4-6-25-74)57(37-83-2)48(36-79)34-76-35-56-65(44)66(70(58)87-71(52)68(54)73)55-18-21-60-62(86-72(55)69(56)82)40-89-88-39-43-10-8-12-50(29-43)77-60/h7,9,11,16-19,21-22,28,30-31,43-46,48,50,57-58,60,62-63,67,70,76-79,81-82H,4-6,8,10,12,23-27,29,32-40,75H2,1-3H3/t43-,44+,45-,46+,48+,50+,57+,58+,60+,62+,63?,67-,70+,73-/m1/s1. The van der Waals surface area contributed by atoms with Crippen molar-refractivity contribution in [3.8, 4) is 63.6 Å². The van der Waals surface area contributed by atoms with Gasteiger partial charge in [0, 0.05) is 119 Å². The third-order valence-corrected chi connectivity index (χ3v) is 25.1. The van der Waals surface area contributed by atoms with E-state index < -0.39 is 35.5 Å². The number of esters is 1. The first-order chi connectivity index (χ1) is 43.4. The van der Waals surface area contributed by atoms with Crippen LogP contribution in [0.25, 0.3) is 17.2 Å². The molecule has 4 aromatic carbocycles. The zero-order valence-electron chi connectivity index (χ0n) is 51.5. The Labute approximate surface area is 531 Å². The molecule has 5 aliphatic carbocycles. The number of carbonyl (C=O) groups excluding carboxylic acids is 1. The highest BCUT2D eigenvalue weighted by Crippen LogP contribution is 2.66. The second-order valence-electron chi connectivity index (χ2n) is 27.6. The van der Waals surface area contributed by atoms with Gasteiger partial charge >= 0.3 is 5.97 Å². The van der Waals surface area contributed by atoms with Gasteiger partial charge in [-0.25, -0.2) is 0 Å². The van der Waals surface area contributed by atoms with E-state index in [9.17, 15) is 20.1 Å². The number of aromatic hydroxyl groups is 2. The largest absolute Gasteiger partial charge is 0.508 e. The summed E-state index contributed by atoms with van der Waals surface area (Å²) in [6.07, 6.45) is 21.0. The summed E-state index contributed by atoms with van der Waals surface area (Å²) in [4.78, 5) is 13.4. The summed E-state index contributed by atoms with van der Waals surface area (Å²) in [6, 6.07) is 17.7. The van der Waals surface area contributed by atoms with Gasteiger partial charge in [0.15, 0.2) is 11.5 Å². The second-order valence-corrected chi connectivity index (χ2v) is 30.2. The number of aliphatic hydroxyl groups excluding tert-OH is 1. The van der Waals surface area contributed by atoms with Crippen LogP contribution in [-0.2, 0) is 44.5 Å². The van der Waals surface area contributed by atoms with E-state index >= 15 is 0 Å². The molecule has 1 unspecified atom stereocenters. The summed E-state index contributed by atoms with van der Waals surface area (Å²) in [5, 5.41) is 48.5. The Kier molecular flexibility index (Phi) is 16.1. The van der Waals surface area contributed by atoms with Crippen LogP contribution >= 0.6 is 21.6 Å². The number of dihydropyridines is 1. The first kappa shape index (κ1) is 59.3. The van der Waals surface area contributed by atoms with Crippen LogP contribution in [0.5, 0.6) is 28.7 Å². The van der Waals surface area contributed by atoms with Gasteiger partial charge in [0.2, 0.25) is 0 Å². The van der Waals surface area contributed by atoms with Crippen LogP contribution in [0.2, 0.25) is 0 Å². The van der Waals surface area contributed by atoms with Gasteiger partial charge in [-0.15, -0.1) is 0 Å². The summed E-state index contributed by atoms with van der Waals surface area (Å²) in [6.45, 7) is 2.34. The number of phenols is 2. The molecule has 4 fully saturated rings. The van der Waals surface area contributed by atoms with Crippen molar-refractivity contribution in [1.29, 1.82) is 0 Å². The number of phenolic OH excluding ortho intramolecular Hbond substituents is 2. The maximum atomic E-state index is 13.7. The van der Waals surface area contributed by atoms with E-state index in [1.807, 2.05) is 27.7 Å². The van der Waals surface area contributed by atoms with Crippen LogP contribution < -0.4 is 35.9 Å². The van der Waals surface area contributed by atoms with E-state index in [1.54, 1.807) is 20.3 Å². The molecule has 2 spiro atoms. The minimum absolute atomic E-state index is 0.0106. The van der Waals surface area contributed by atoms with Gasteiger partial charge in [0.05, 0.1) is 37.5 Å². The first-order valence-electron chi connectivity index (χ1n) is 33.0. The minimum Gasteiger partial charge on any atom is -0.508 e. The van der Waals surface area contributed by atoms with Crippen LogP contribution in [0, 0.1) is 59.2 Å². The molecular weight excluding hydrogens is 1150 g/mol. The summed E-state index contributed by atoms with van der Waals surface area (Å²) in [7, 11) is 7.19. The molecule has 13 nitrogen and oxygen atoms in total. The quantitative estimate of drug-likeness (QED) is 0.0549. The van der Waals surface area contributed by atoms with Crippen molar-refractivity contribution in [3.05, 3.63) is 128 Å². The predicted octanol–water partition coefficient (Wildman–Crippen LogP) is 11.3. The molecule has 0 amide bonds. The van der Waals surface area contributed by atoms with Crippen LogP contribution in [0.3, 0.4) is 0 Å². The van der Waals surface area contributed by atoms with E-state index in [-0.39, 0.29) is 78.4 Å². The molecule has 3 saturated carbocycles. The molecule has 6 heterocycles. The van der Waals surface area contributed by atoms with Crippen molar-refractivity contribution in [3.63, 3.8) is 0 Å². The lowest BCUT2D eigenvalue weighted by atomic mass is 9.55. The Balaban J connectivity index is 1.08. The van der Waals surface area contributed by atoms with Crippen LogP contribution in [0.15, 0.2) is 78.0 Å². The average molecular weight is 1240 g/mol. The highest BCUT2D eigenvalue weighted by Gasteiger charge is 2.57. The van der Waals surface area contributed by atoms with Crippen molar-refractivity contribution in [2.24, 2.45) is 41.2 Å². The fourth-order valence-electron chi connectivity index (χ4n) is 18.7. The first-order valence-corrected chi connectivity index (χ1v) is 35.4. The number of carbonyl (C=O) groups is 1. The third kappa shape index (κ3) is 10.5. The lowest BCUT2D eigenvalue weighted by Gasteiger charge is -2.49. The normalized spacial score (nSPS) is 32.5. The van der Waals surface area contributed by atoms with E-state index in [0.717, 1.165) is 115 Å². The summed E-state index contributed by atoms with van der Waals surface area (Å²) >= 11 is 0. The van der Waals surface area contributed by atoms with Crippen molar-refractivity contribution >= 4 is 33.6 Å². The Hall–Kier alpha value is -6.01. The minimum atomic E-state index is -0.850. The third-order valence-electron chi connectivity index (χ3n) is 22.6. The van der Waals surface area contributed by atoms with Crippen molar-refractivity contribution in [2.75, 3.05) is 52.1 Å². The molecule has 0 aromatic heterocycles. The Morgan fingerprint density at radius 1 is 0.910 bits per heavy atom. The Morgan fingerprint density at radius 2 is 1.79 bits per heavy atom. The van der Waals surface area contributed by atoms with Gasteiger partial charge < -0.3 is 60.7 Å². The molecule has 466 valence electrons. The predicted molar refractivity (Wildman–Crippen MR) is 350 cm³/mol. The number of hydrogen-bond donors (Lipinski definition) is 7. The smallest absolute Gasteiger partial charge is 0.302 e. The van der Waals surface area contributed by atoms with E-state index in [4.69, 9.17) is 29.4 Å². The fraction of sp³-hybridized carbons (Fsp3) is 0.527. The van der Waals surface area contributed by atoms with Crippen LogP contribution in [0.4, 0.5) is 0 Å². The highest BCUT2D eigenvalue weighted by atomic mass is 33.1. The number of rotatable bonds is 6. The molecule has 1 saturated heterocycles. The molecule has 15 rings (SSSR count). The zero-order chi connectivity index (χ0) is 60.7. The number of ether oxygens (including phenoxy) is 5. The van der Waals surface area contributed by atoms with E-state index in [0.29, 0.717) is 71.9 Å². The SMILES string of the molecule is COC[C@@H]1[C@H](CO)CNCc2c(O)c3c(c4c2[C@@H]2C#CC5=C(C=CC(N)N5)[C@@H]([C@H]5CC[C@]6(Cc7cc(O)cc(OC)c7-c7ccc8c(c76)O[C@H]4[C@H]8COC(C)=O)C5)C4(CCCCC4)c4cccc(c4)C[C@H]1C#C2)C=C[C@@H]1N[C@H]2CCC[C@@H](CSSC[C@@H]1O3)C2. The summed E-state index contributed by atoms with van der Waals surface area (Å²) < 4.78 is 34.3. The molecule has 11 bridgehead atoms. The van der Waals surface area contributed by atoms with Gasteiger partial charge in [-0.05, 0) is 133 Å². The molecular formula is C74H84N4O9S2. The van der Waals surface area contributed by atoms with Gasteiger partial charge in [-0.3, -0.25) is 4.79 Å². The molecule has 89 heavy (non-hydrogen) atoms. The van der Waals surface area contributed by atoms with E-state index in [1.165, 1.54) is 36.5 Å². The molecule has 14 atom stereocenters. The molecule has 11 aliphatic rings. The van der Waals surface area contributed by atoms with Crippen LogP contribution in [0.1, 0.15) is 152 Å². The maximum absolute atomic E-state index is 13.7. The van der Waals surface area contributed by atoms with E-state index in [2.05, 4.69) is 100 Å². The van der Waals surface area contributed by atoms with Gasteiger partial charge in [0.1, 0.15) is 42.0 Å². The fourth-order valence-corrected chi connectivity index (χ4v) is 21.4. The highest BCUT2D eigenvalue weighted by molar-refractivity contribution is 8.76.